The number of carbonyl (C=O) groups excluding carboxylic acids is 1. The highest BCUT2D eigenvalue weighted by molar-refractivity contribution is 5.97. The molecule has 1 N–H and O–H groups in total. The van der Waals surface area contributed by atoms with Gasteiger partial charge in [0.05, 0.1) is 5.69 Å². The van der Waals surface area contributed by atoms with Gasteiger partial charge in [-0.15, -0.1) is 0 Å². The Balaban J connectivity index is 3.37. The Morgan fingerprint density at radius 1 is 0.793 bits per heavy atom. The van der Waals surface area contributed by atoms with Crippen LogP contribution in [0.1, 0.15) is 0 Å². The zero-order valence-electron chi connectivity index (χ0n) is 13.0. The second-order valence-electron chi connectivity index (χ2n) is 5.30. The maximum absolute atomic E-state index is 13.5. The third-order valence-electron chi connectivity index (χ3n) is 3.34. The number of alkyl halides is 12. The molecule has 166 valence electrons. The van der Waals surface area contributed by atoms with Crippen molar-refractivity contribution < 1.29 is 66.3 Å². The molecule has 0 spiro atoms. The molecule has 0 unspecified atom stereocenters. The summed E-state index contributed by atoms with van der Waals surface area (Å²) in [7, 11) is 0. The molecule has 0 aliphatic heterocycles. The van der Waals surface area contributed by atoms with Gasteiger partial charge in [-0.3, -0.25) is 4.79 Å². The van der Waals surface area contributed by atoms with E-state index in [4.69, 9.17) is 0 Å². The van der Waals surface area contributed by atoms with Crippen molar-refractivity contribution in [1.82, 2.24) is 0 Å². The van der Waals surface area contributed by atoms with E-state index in [-0.39, 0.29) is 18.2 Å². The molecule has 2 nitrogen and oxygen atoms in total. The lowest BCUT2D eigenvalue weighted by atomic mass is 9.94. The van der Waals surface area contributed by atoms with Crippen LogP contribution in [0.5, 0.6) is 0 Å². The number of rotatable bonds is 7. The van der Waals surface area contributed by atoms with Gasteiger partial charge in [0.1, 0.15) is 11.6 Å². The van der Waals surface area contributed by atoms with Crippen LogP contribution in [0.2, 0.25) is 0 Å². The quantitative estimate of drug-likeness (QED) is 0.551. The first-order valence-electron chi connectivity index (χ1n) is 6.69. The molecular formula is C13H5F14NO. The summed E-state index contributed by atoms with van der Waals surface area (Å²) in [6, 6.07) is 0.299. The Hall–Kier alpha value is -2.29. The van der Waals surface area contributed by atoms with E-state index in [1.165, 1.54) is 0 Å². The molecule has 29 heavy (non-hydrogen) atoms. The van der Waals surface area contributed by atoms with Crippen LogP contribution in [0.15, 0.2) is 18.2 Å². The van der Waals surface area contributed by atoms with E-state index in [9.17, 15) is 66.3 Å². The average molecular weight is 457 g/mol. The van der Waals surface area contributed by atoms with Crippen molar-refractivity contribution in [3.8, 4) is 0 Å². The lowest BCUT2D eigenvalue weighted by molar-refractivity contribution is -0.406. The van der Waals surface area contributed by atoms with E-state index in [0.29, 0.717) is 5.32 Å². The van der Waals surface area contributed by atoms with Crippen LogP contribution in [-0.4, -0.2) is 41.9 Å². The van der Waals surface area contributed by atoms with E-state index >= 15 is 0 Å². The number of hydrogen-bond acceptors (Lipinski definition) is 1. The number of hydrogen-bond donors (Lipinski definition) is 1. The fourth-order valence-corrected chi connectivity index (χ4v) is 1.67. The number of carbonyl (C=O) groups is 1. The van der Waals surface area contributed by atoms with Gasteiger partial charge in [0.25, 0.3) is 0 Å². The lowest BCUT2D eigenvalue weighted by Gasteiger charge is -2.38. The molecule has 1 aromatic carbocycles. The van der Waals surface area contributed by atoms with Gasteiger partial charge in [0.15, 0.2) is 0 Å². The van der Waals surface area contributed by atoms with Crippen LogP contribution < -0.4 is 5.32 Å². The number of amides is 1. The van der Waals surface area contributed by atoms with Crippen molar-refractivity contribution in [2.24, 2.45) is 0 Å². The van der Waals surface area contributed by atoms with E-state index < -0.39 is 59.3 Å². The monoisotopic (exact) mass is 457 g/mol. The van der Waals surface area contributed by atoms with Crippen molar-refractivity contribution >= 4 is 11.6 Å². The Kier molecular flexibility index (Phi) is 6.14. The molecule has 0 heterocycles. The van der Waals surface area contributed by atoms with Gasteiger partial charge in [0, 0.05) is 6.07 Å². The fourth-order valence-electron chi connectivity index (χ4n) is 1.67. The standard InChI is InChI=1S/C13H5F14NO/c14-4-1-2-6(5(15)3-4)28-8(29)10(20,21)12(24,25)13(26,27)11(22,23)9(18,19)7(16)17/h1-3,7H,(H,28,29). The number of nitrogens with one attached hydrogen (secondary N) is 1. The molecule has 16 heteroatoms. The first-order chi connectivity index (χ1) is 12.7. The molecule has 0 fully saturated rings. The summed E-state index contributed by atoms with van der Waals surface area (Å²) in [5.41, 5.74) is -1.51. The van der Waals surface area contributed by atoms with Crippen molar-refractivity contribution in [1.29, 1.82) is 0 Å². The molecule has 0 bridgehead atoms. The molecule has 0 aromatic heterocycles. The molecular weight excluding hydrogens is 452 g/mol. The van der Waals surface area contributed by atoms with Crippen LogP contribution in [-0.2, 0) is 4.79 Å². The molecule has 0 aliphatic rings. The summed E-state index contributed by atoms with van der Waals surface area (Å²) in [4.78, 5) is 11.2. The predicted octanol–water partition coefficient (Wildman–Crippen LogP) is 5.34. The SMILES string of the molecule is O=C(Nc1ccc(F)cc1F)C(F)(F)C(F)(F)C(F)(F)C(F)(F)C(F)(F)C(F)F. The van der Waals surface area contributed by atoms with Gasteiger partial charge in [0.2, 0.25) is 0 Å². The molecule has 0 saturated heterocycles. The van der Waals surface area contributed by atoms with Gasteiger partial charge in [-0.05, 0) is 12.1 Å². The Labute approximate surface area is 150 Å². The van der Waals surface area contributed by atoms with Gasteiger partial charge >= 0.3 is 41.9 Å². The highest BCUT2D eigenvalue weighted by Crippen LogP contribution is 2.58. The van der Waals surface area contributed by atoms with Crippen molar-refractivity contribution in [3.63, 3.8) is 0 Å². The molecule has 0 radical (unpaired) electrons. The molecule has 1 rings (SSSR count). The van der Waals surface area contributed by atoms with Crippen LogP contribution in [0.4, 0.5) is 67.2 Å². The predicted molar refractivity (Wildman–Crippen MR) is 65.7 cm³/mol. The topological polar surface area (TPSA) is 29.1 Å². The minimum atomic E-state index is -7.90. The maximum atomic E-state index is 13.5. The molecule has 0 aliphatic carbocycles. The summed E-state index contributed by atoms with van der Waals surface area (Å²) in [5.74, 6) is -44.4. The number of halogens is 14. The van der Waals surface area contributed by atoms with Crippen molar-refractivity contribution in [2.45, 2.75) is 36.0 Å². The molecule has 1 amide bonds. The first kappa shape index (κ1) is 24.7. The minimum Gasteiger partial charge on any atom is -0.318 e. The number of anilines is 1. The summed E-state index contributed by atoms with van der Waals surface area (Å²) < 4.78 is 181. The summed E-state index contributed by atoms with van der Waals surface area (Å²) in [5, 5.41) is 0.544. The van der Waals surface area contributed by atoms with Crippen LogP contribution >= 0.6 is 0 Å². The van der Waals surface area contributed by atoms with Crippen LogP contribution in [0.3, 0.4) is 0 Å². The lowest BCUT2D eigenvalue weighted by Crippen LogP contribution is -2.70. The zero-order chi connectivity index (χ0) is 23.2. The van der Waals surface area contributed by atoms with Gasteiger partial charge < -0.3 is 5.32 Å². The molecule has 0 atom stereocenters. The fraction of sp³-hybridized carbons (Fsp3) is 0.462. The van der Waals surface area contributed by atoms with Gasteiger partial charge in [-0.1, -0.05) is 0 Å². The van der Waals surface area contributed by atoms with Gasteiger partial charge in [-0.25, -0.2) is 17.6 Å². The third kappa shape index (κ3) is 3.68. The highest BCUT2D eigenvalue weighted by Gasteiger charge is 2.89. The van der Waals surface area contributed by atoms with Crippen LogP contribution in [0.25, 0.3) is 0 Å². The second kappa shape index (κ2) is 7.19. The van der Waals surface area contributed by atoms with E-state index in [2.05, 4.69) is 0 Å². The first-order valence-corrected chi connectivity index (χ1v) is 6.69. The van der Waals surface area contributed by atoms with Crippen molar-refractivity contribution in [2.75, 3.05) is 5.32 Å². The maximum Gasteiger partial charge on any atom is 0.393 e. The summed E-state index contributed by atoms with van der Waals surface area (Å²) in [6.45, 7) is 0. The minimum absolute atomic E-state index is 0.0994. The normalized spacial score (nSPS) is 14.3. The smallest absolute Gasteiger partial charge is 0.318 e. The van der Waals surface area contributed by atoms with E-state index in [0.717, 1.165) is 0 Å². The zero-order valence-corrected chi connectivity index (χ0v) is 13.0. The van der Waals surface area contributed by atoms with E-state index in [1.54, 1.807) is 0 Å². The van der Waals surface area contributed by atoms with E-state index in [1.807, 2.05) is 0 Å². The van der Waals surface area contributed by atoms with Crippen molar-refractivity contribution in [3.05, 3.63) is 29.8 Å². The Morgan fingerprint density at radius 2 is 1.28 bits per heavy atom. The Morgan fingerprint density at radius 3 is 1.69 bits per heavy atom. The summed E-state index contributed by atoms with van der Waals surface area (Å²) in [6.07, 6.45) is -5.69. The Bertz CT molecular complexity index is 775. The van der Waals surface area contributed by atoms with Crippen LogP contribution in [0, 0.1) is 11.6 Å². The molecule has 1 aromatic rings. The largest absolute Gasteiger partial charge is 0.393 e. The third-order valence-corrected chi connectivity index (χ3v) is 3.34. The number of benzene rings is 1. The second-order valence-corrected chi connectivity index (χ2v) is 5.30. The summed E-state index contributed by atoms with van der Waals surface area (Å²) >= 11 is 0. The van der Waals surface area contributed by atoms with Gasteiger partial charge in [-0.2, -0.15) is 43.9 Å². The molecule has 0 saturated carbocycles. The highest BCUT2D eigenvalue weighted by atomic mass is 19.4. The average Bonchev–Trinajstić information content (AvgIpc) is 2.56.